The number of hydrogen-bond donors (Lipinski definition) is 2. The molecule has 2 heterocycles. The average Bonchev–Trinajstić information content (AvgIpc) is 2.62. The molecule has 5 heteroatoms. The normalized spacial score (nSPS) is 29.6. The summed E-state index contributed by atoms with van der Waals surface area (Å²) in [6.07, 6.45) is 6.98. The van der Waals surface area contributed by atoms with Gasteiger partial charge in [-0.25, -0.2) is 0 Å². The summed E-state index contributed by atoms with van der Waals surface area (Å²) in [5.74, 6) is 2.22. The van der Waals surface area contributed by atoms with E-state index in [9.17, 15) is 0 Å². The summed E-state index contributed by atoms with van der Waals surface area (Å²) < 4.78 is 12.1. The molecule has 2 aliphatic rings. The molecule has 0 aromatic heterocycles. The molecule has 1 N–H and O–H groups in total. The van der Waals surface area contributed by atoms with Gasteiger partial charge in [0.1, 0.15) is 6.10 Å². The Morgan fingerprint density at radius 3 is 2.64 bits per heavy atom. The summed E-state index contributed by atoms with van der Waals surface area (Å²) in [7, 11) is 0. The summed E-state index contributed by atoms with van der Waals surface area (Å²) >= 11 is 4.51. The molecule has 25 heavy (non-hydrogen) atoms. The van der Waals surface area contributed by atoms with E-state index >= 15 is 0 Å². The van der Waals surface area contributed by atoms with Crippen molar-refractivity contribution in [1.29, 1.82) is 5.41 Å². The second kappa shape index (κ2) is 10.2. The van der Waals surface area contributed by atoms with E-state index in [1.54, 1.807) is 0 Å². The molecule has 3 atom stereocenters. The molecule has 146 valence electrons. The van der Waals surface area contributed by atoms with Gasteiger partial charge >= 0.3 is 0 Å². The van der Waals surface area contributed by atoms with Gasteiger partial charge < -0.3 is 9.47 Å². The molecule has 0 aliphatic carbocycles. The highest BCUT2D eigenvalue weighted by Gasteiger charge is 2.46. The van der Waals surface area contributed by atoms with Crippen LogP contribution in [0.15, 0.2) is 0 Å². The van der Waals surface area contributed by atoms with Crippen molar-refractivity contribution in [2.24, 2.45) is 17.3 Å². The molecule has 0 aromatic rings. The van der Waals surface area contributed by atoms with Gasteiger partial charge in [0, 0.05) is 18.9 Å². The molecule has 0 amide bonds. The molecule has 0 saturated carbocycles. The van der Waals surface area contributed by atoms with Gasteiger partial charge in [0.25, 0.3) is 0 Å². The van der Waals surface area contributed by atoms with Crippen molar-refractivity contribution >= 4 is 18.5 Å². The summed E-state index contributed by atoms with van der Waals surface area (Å²) in [6.45, 7) is 11.4. The van der Waals surface area contributed by atoms with Crippen LogP contribution in [0.3, 0.4) is 0 Å². The Balaban J connectivity index is 2.02. The number of likely N-dealkylation sites (tertiary alicyclic amines) is 1. The number of ether oxygens (including phenoxy) is 2. The molecular formula is C20H38N2O2S. The van der Waals surface area contributed by atoms with Crippen LogP contribution in [0.4, 0.5) is 0 Å². The smallest absolute Gasteiger partial charge is 0.189 e. The summed E-state index contributed by atoms with van der Waals surface area (Å²) in [4.78, 5) is 2.47. The first kappa shape index (κ1) is 21.0. The van der Waals surface area contributed by atoms with Crippen molar-refractivity contribution in [2.45, 2.75) is 65.4 Å². The summed E-state index contributed by atoms with van der Waals surface area (Å²) in [5, 5.41) is 8.80. The van der Waals surface area contributed by atoms with E-state index in [0.29, 0.717) is 30.1 Å². The fraction of sp³-hybridized carbons (Fsp3) is 0.950. The third-order valence-electron chi connectivity index (χ3n) is 5.99. The Morgan fingerprint density at radius 1 is 1.32 bits per heavy atom. The van der Waals surface area contributed by atoms with E-state index < -0.39 is 0 Å². The zero-order valence-electron chi connectivity index (χ0n) is 16.4. The number of nitrogens with zero attached hydrogens (tertiary/aromatic N) is 1. The van der Waals surface area contributed by atoms with Crippen LogP contribution in [0, 0.1) is 22.7 Å². The predicted molar refractivity (Wildman–Crippen MR) is 108 cm³/mol. The molecule has 3 unspecified atom stereocenters. The fourth-order valence-electron chi connectivity index (χ4n) is 4.43. The van der Waals surface area contributed by atoms with Crippen molar-refractivity contribution in [3.8, 4) is 0 Å². The first-order valence-corrected chi connectivity index (χ1v) is 10.8. The Labute approximate surface area is 159 Å². The standard InChI is InChI=1S/C20H38N2O2S/c1-4-20(15-23-11-8-17(20)12-16(2)3)19(21)24-18(14-25)13-22-9-6-5-7-10-22/h16-18,21,25H,4-15H2,1-3H3. The second-order valence-electron chi connectivity index (χ2n) is 8.29. The van der Waals surface area contributed by atoms with E-state index in [0.717, 1.165) is 45.5 Å². The molecule has 2 saturated heterocycles. The summed E-state index contributed by atoms with van der Waals surface area (Å²) in [6, 6.07) is 0. The summed E-state index contributed by atoms with van der Waals surface area (Å²) in [5.41, 5.74) is -0.258. The molecule has 2 aliphatic heterocycles. The van der Waals surface area contributed by atoms with Gasteiger partial charge in [0.2, 0.25) is 0 Å². The average molecular weight is 371 g/mol. The van der Waals surface area contributed by atoms with Crippen LogP contribution in [-0.4, -0.2) is 55.5 Å². The van der Waals surface area contributed by atoms with Gasteiger partial charge in [-0.15, -0.1) is 0 Å². The van der Waals surface area contributed by atoms with Crippen molar-refractivity contribution < 1.29 is 9.47 Å². The number of rotatable bonds is 8. The molecule has 0 spiro atoms. The zero-order chi connectivity index (χ0) is 18.3. The first-order valence-electron chi connectivity index (χ1n) is 10.2. The van der Waals surface area contributed by atoms with Crippen LogP contribution >= 0.6 is 12.6 Å². The van der Waals surface area contributed by atoms with Crippen molar-refractivity contribution in [1.82, 2.24) is 4.90 Å². The highest BCUT2D eigenvalue weighted by atomic mass is 32.1. The third-order valence-corrected chi connectivity index (χ3v) is 6.40. The monoisotopic (exact) mass is 370 g/mol. The van der Waals surface area contributed by atoms with Crippen molar-refractivity contribution in [3.63, 3.8) is 0 Å². The Morgan fingerprint density at radius 2 is 2.04 bits per heavy atom. The van der Waals surface area contributed by atoms with Crippen LogP contribution in [0.1, 0.15) is 59.3 Å². The zero-order valence-corrected chi connectivity index (χ0v) is 17.3. The predicted octanol–water partition coefficient (Wildman–Crippen LogP) is 4.24. The van der Waals surface area contributed by atoms with E-state index in [2.05, 4.69) is 38.3 Å². The molecule has 4 nitrogen and oxygen atoms in total. The maximum Gasteiger partial charge on any atom is 0.189 e. The Kier molecular flexibility index (Phi) is 8.56. The van der Waals surface area contributed by atoms with Crippen molar-refractivity contribution in [3.05, 3.63) is 0 Å². The number of hydrogen-bond acceptors (Lipinski definition) is 5. The lowest BCUT2D eigenvalue weighted by molar-refractivity contribution is -0.0389. The second-order valence-corrected chi connectivity index (χ2v) is 8.66. The van der Waals surface area contributed by atoms with Crippen molar-refractivity contribution in [2.75, 3.05) is 38.6 Å². The van der Waals surface area contributed by atoms with Crippen LogP contribution < -0.4 is 0 Å². The molecule has 0 bridgehead atoms. The lowest BCUT2D eigenvalue weighted by Gasteiger charge is -2.44. The van der Waals surface area contributed by atoms with Gasteiger partial charge in [0.05, 0.1) is 12.0 Å². The maximum absolute atomic E-state index is 8.80. The highest BCUT2D eigenvalue weighted by Crippen LogP contribution is 2.42. The first-order chi connectivity index (χ1) is 12.0. The number of piperidine rings is 1. The molecule has 2 fully saturated rings. The minimum Gasteiger partial charge on any atom is -0.475 e. The largest absolute Gasteiger partial charge is 0.475 e. The Hall–Kier alpha value is -0.260. The van der Waals surface area contributed by atoms with E-state index in [1.807, 2.05) is 0 Å². The minimum absolute atomic E-state index is 0.000940. The SMILES string of the molecule is CCC1(C(=N)OC(CS)CN2CCCCC2)COCCC1CC(C)C. The van der Waals surface area contributed by atoms with E-state index in [1.165, 1.54) is 19.3 Å². The number of thiol groups is 1. The lowest BCUT2D eigenvalue weighted by atomic mass is 9.68. The molecule has 2 rings (SSSR count). The molecular weight excluding hydrogens is 332 g/mol. The van der Waals surface area contributed by atoms with Gasteiger partial charge in [-0.05, 0) is 57.0 Å². The van der Waals surface area contributed by atoms with Gasteiger partial charge in [-0.1, -0.05) is 27.2 Å². The van der Waals surface area contributed by atoms with E-state index in [-0.39, 0.29) is 11.5 Å². The lowest BCUT2D eigenvalue weighted by Crippen LogP contribution is -2.49. The van der Waals surface area contributed by atoms with Gasteiger partial charge in [0.15, 0.2) is 5.90 Å². The molecule has 0 radical (unpaired) electrons. The number of nitrogens with one attached hydrogen (secondary N) is 1. The minimum atomic E-state index is -0.258. The van der Waals surface area contributed by atoms with Gasteiger partial charge in [-0.2, -0.15) is 12.6 Å². The highest BCUT2D eigenvalue weighted by molar-refractivity contribution is 7.80. The van der Waals surface area contributed by atoms with Crippen LogP contribution in [-0.2, 0) is 9.47 Å². The van der Waals surface area contributed by atoms with Crippen LogP contribution in [0.5, 0.6) is 0 Å². The van der Waals surface area contributed by atoms with E-state index in [4.69, 9.17) is 14.9 Å². The maximum atomic E-state index is 8.80. The van der Waals surface area contributed by atoms with Crippen LogP contribution in [0.2, 0.25) is 0 Å². The van der Waals surface area contributed by atoms with Crippen LogP contribution in [0.25, 0.3) is 0 Å². The quantitative estimate of drug-likeness (QED) is 0.381. The molecule has 0 aromatic carbocycles. The topological polar surface area (TPSA) is 45.5 Å². The third kappa shape index (κ3) is 5.61. The van der Waals surface area contributed by atoms with Gasteiger partial charge in [-0.3, -0.25) is 10.3 Å². The Bertz CT molecular complexity index is 413. The fourth-order valence-corrected chi connectivity index (χ4v) is 4.63.